The predicted octanol–water partition coefficient (Wildman–Crippen LogP) is 0.734. The quantitative estimate of drug-likeness (QED) is 0.776. The minimum atomic E-state index is -0.343. The summed E-state index contributed by atoms with van der Waals surface area (Å²) in [5, 5.41) is 9.53. The molecule has 0 unspecified atom stereocenters. The second kappa shape index (κ2) is 3.82. The minimum Gasteiger partial charge on any atom is -0.392 e. The number of amides is 1. The Hall–Kier alpha value is -1.39. The van der Waals surface area contributed by atoms with Crippen molar-refractivity contribution < 1.29 is 9.90 Å². The topological polar surface area (TPSA) is 43.8 Å². The molecule has 2 atom stereocenters. The number of anilines is 1. The highest BCUT2D eigenvalue weighted by Gasteiger charge is 2.44. The van der Waals surface area contributed by atoms with Crippen LogP contribution in [0.25, 0.3) is 0 Å². The number of benzene rings is 1. The van der Waals surface area contributed by atoms with E-state index in [1.54, 1.807) is 4.90 Å². The first-order valence-corrected chi connectivity index (χ1v) is 5.95. The molecule has 2 fully saturated rings. The molecule has 1 aromatic carbocycles. The van der Waals surface area contributed by atoms with Crippen molar-refractivity contribution in [2.75, 3.05) is 18.1 Å². The number of fused-ring (bicyclic) bond motifs is 1. The van der Waals surface area contributed by atoms with E-state index >= 15 is 0 Å². The van der Waals surface area contributed by atoms with Crippen molar-refractivity contribution in [3.63, 3.8) is 0 Å². The maximum Gasteiger partial charge on any atom is 0.245 e. The maximum atomic E-state index is 12.2. The summed E-state index contributed by atoms with van der Waals surface area (Å²) in [5.74, 6) is 0.116. The zero-order chi connectivity index (χ0) is 12.0. The standard InChI is InChI=1S/C13H16N2O2/c1-9-2-4-10(5-3-9)15-8-14-7-11(16)6-12(14)13(15)17/h2-5,11-12,16H,6-8H2,1H3/t11-,12+/m1/s1. The van der Waals surface area contributed by atoms with Crippen LogP contribution in [0.3, 0.4) is 0 Å². The Balaban J connectivity index is 1.83. The van der Waals surface area contributed by atoms with E-state index in [2.05, 4.69) is 0 Å². The number of aryl methyl sites for hydroxylation is 1. The molecule has 1 amide bonds. The van der Waals surface area contributed by atoms with Crippen molar-refractivity contribution in [2.45, 2.75) is 25.5 Å². The summed E-state index contributed by atoms with van der Waals surface area (Å²) in [6, 6.07) is 7.87. The molecule has 0 radical (unpaired) electrons. The minimum absolute atomic E-state index is 0.116. The van der Waals surface area contributed by atoms with Crippen LogP contribution in [-0.2, 0) is 4.79 Å². The van der Waals surface area contributed by atoms with Crippen molar-refractivity contribution in [1.29, 1.82) is 0 Å². The summed E-state index contributed by atoms with van der Waals surface area (Å²) in [6.45, 7) is 3.24. The van der Waals surface area contributed by atoms with Crippen molar-refractivity contribution in [3.05, 3.63) is 29.8 Å². The lowest BCUT2D eigenvalue weighted by Gasteiger charge is -2.18. The zero-order valence-corrected chi connectivity index (χ0v) is 9.84. The summed E-state index contributed by atoms with van der Waals surface area (Å²) in [7, 11) is 0. The summed E-state index contributed by atoms with van der Waals surface area (Å²) < 4.78 is 0. The average molecular weight is 232 g/mol. The van der Waals surface area contributed by atoms with Crippen molar-refractivity contribution >= 4 is 11.6 Å². The number of aliphatic hydroxyl groups is 1. The van der Waals surface area contributed by atoms with Crippen LogP contribution in [-0.4, -0.2) is 41.3 Å². The number of nitrogens with zero attached hydrogens (tertiary/aromatic N) is 2. The van der Waals surface area contributed by atoms with Crippen LogP contribution in [0.2, 0.25) is 0 Å². The van der Waals surface area contributed by atoms with E-state index in [-0.39, 0.29) is 18.1 Å². The predicted molar refractivity (Wildman–Crippen MR) is 64.6 cm³/mol. The van der Waals surface area contributed by atoms with Crippen LogP contribution < -0.4 is 4.90 Å². The average Bonchev–Trinajstić information content (AvgIpc) is 2.79. The second-order valence-electron chi connectivity index (χ2n) is 4.92. The summed E-state index contributed by atoms with van der Waals surface area (Å²) in [5.41, 5.74) is 2.14. The van der Waals surface area contributed by atoms with Gasteiger partial charge in [-0.15, -0.1) is 0 Å². The SMILES string of the molecule is Cc1ccc(N2CN3C[C@H](O)C[C@H]3C2=O)cc1. The van der Waals surface area contributed by atoms with E-state index in [1.165, 1.54) is 5.56 Å². The Morgan fingerprint density at radius 2 is 2.00 bits per heavy atom. The number of carbonyl (C=O) groups is 1. The fraction of sp³-hybridized carbons (Fsp3) is 0.462. The van der Waals surface area contributed by atoms with Crippen LogP contribution in [0, 0.1) is 6.92 Å². The highest BCUT2D eigenvalue weighted by Crippen LogP contribution is 2.29. The lowest BCUT2D eigenvalue weighted by Crippen LogP contribution is -2.30. The number of hydrogen-bond donors (Lipinski definition) is 1. The van der Waals surface area contributed by atoms with Gasteiger partial charge in [-0.05, 0) is 25.5 Å². The Labute approximate surface area is 100 Å². The van der Waals surface area contributed by atoms with Gasteiger partial charge < -0.3 is 5.11 Å². The van der Waals surface area contributed by atoms with Gasteiger partial charge in [0.15, 0.2) is 0 Å². The summed E-state index contributed by atoms with van der Waals surface area (Å²) in [4.78, 5) is 16.0. The molecule has 1 aromatic rings. The largest absolute Gasteiger partial charge is 0.392 e. The molecule has 4 nitrogen and oxygen atoms in total. The first kappa shape index (κ1) is 10.7. The van der Waals surface area contributed by atoms with Gasteiger partial charge in [0.2, 0.25) is 5.91 Å². The molecule has 17 heavy (non-hydrogen) atoms. The van der Waals surface area contributed by atoms with E-state index in [1.807, 2.05) is 36.1 Å². The monoisotopic (exact) mass is 232 g/mol. The first-order valence-electron chi connectivity index (χ1n) is 5.95. The first-order chi connectivity index (χ1) is 8.15. The lowest BCUT2D eigenvalue weighted by molar-refractivity contribution is -0.119. The molecule has 3 rings (SSSR count). The van der Waals surface area contributed by atoms with Gasteiger partial charge in [0.05, 0.1) is 18.8 Å². The Kier molecular flexibility index (Phi) is 2.42. The van der Waals surface area contributed by atoms with E-state index in [0.717, 1.165) is 5.69 Å². The Bertz CT molecular complexity index is 443. The van der Waals surface area contributed by atoms with Gasteiger partial charge in [-0.3, -0.25) is 14.6 Å². The van der Waals surface area contributed by atoms with Crippen LogP contribution in [0.15, 0.2) is 24.3 Å². The van der Waals surface area contributed by atoms with Crippen molar-refractivity contribution in [2.24, 2.45) is 0 Å². The molecule has 2 aliphatic rings. The molecular weight excluding hydrogens is 216 g/mol. The number of rotatable bonds is 1. The van der Waals surface area contributed by atoms with Crippen LogP contribution in [0.5, 0.6) is 0 Å². The van der Waals surface area contributed by atoms with Gasteiger partial charge in [0.1, 0.15) is 0 Å². The summed E-state index contributed by atoms with van der Waals surface area (Å²) >= 11 is 0. The summed E-state index contributed by atoms with van der Waals surface area (Å²) in [6.07, 6.45) is 0.227. The van der Waals surface area contributed by atoms with Gasteiger partial charge in [-0.25, -0.2) is 0 Å². The Morgan fingerprint density at radius 1 is 1.29 bits per heavy atom. The number of hydrogen-bond acceptors (Lipinski definition) is 3. The van der Waals surface area contributed by atoms with Crippen LogP contribution >= 0.6 is 0 Å². The van der Waals surface area contributed by atoms with Gasteiger partial charge in [-0.1, -0.05) is 17.7 Å². The zero-order valence-electron chi connectivity index (χ0n) is 9.84. The Morgan fingerprint density at radius 3 is 2.65 bits per heavy atom. The number of carbonyl (C=O) groups excluding carboxylic acids is 1. The third-order valence-corrected chi connectivity index (χ3v) is 3.60. The lowest BCUT2D eigenvalue weighted by atomic mass is 10.1. The molecular formula is C13H16N2O2. The highest BCUT2D eigenvalue weighted by atomic mass is 16.3. The van der Waals surface area contributed by atoms with E-state index < -0.39 is 0 Å². The molecule has 90 valence electrons. The molecule has 2 aliphatic heterocycles. The van der Waals surface area contributed by atoms with Gasteiger partial charge in [-0.2, -0.15) is 0 Å². The van der Waals surface area contributed by atoms with Crippen molar-refractivity contribution in [3.8, 4) is 0 Å². The second-order valence-corrected chi connectivity index (χ2v) is 4.92. The molecule has 0 spiro atoms. The van der Waals surface area contributed by atoms with Gasteiger partial charge >= 0.3 is 0 Å². The molecule has 1 N–H and O–H groups in total. The molecule has 4 heteroatoms. The molecule has 0 aromatic heterocycles. The van der Waals surface area contributed by atoms with Crippen LogP contribution in [0.1, 0.15) is 12.0 Å². The third-order valence-electron chi connectivity index (χ3n) is 3.60. The number of aliphatic hydroxyl groups excluding tert-OH is 1. The molecule has 2 heterocycles. The highest BCUT2D eigenvalue weighted by molar-refractivity contribution is 5.99. The van der Waals surface area contributed by atoms with E-state index in [9.17, 15) is 9.90 Å². The smallest absolute Gasteiger partial charge is 0.245 e. The van der Waals surface area contributed by atoms with Gasteiger partial charge in [0, 0.05) is 12.2 Å². The normalized spacial score (nSPS) is 28.8. The molecule has 0 saturated carbocycles. The maximum absolute atomic E-state index is 12.2. The van der Waals surface area contributed by atoms with Crippen molar-refractivity contribution in [1.82, 2.24) is 4.90 Å². The molecule has 0 aliphatic carbocycles. The fourth-order valence-corrected chi connectivity index (χ4v) is 2.66. The van der Waals surface area contributed by atoms with Gasteiger partial charge in [0.25, 0.3) is 0 Å². The van der Waals surface area contributed by atoms with E-state index in [4.69, 9.17) is 0 Å². The van der Waals surface area contributed by atoms with E-state index in [0.29, 0.717) is 19.6 Å². The third kappa shape index (κ3) is 1.73. The van der Waals surface area contributed by atoms with Crippen LogP contribution in [0.4, 0.5) is 5.69 Å². The molecule has 0 bridgehead atoms. The fourth-order valence-electron chi connectivity index (χ4n) is 2.66. The molecule has 2 saturated heterocycles.